The topological polar surface area (TPSA) is 70.8 Å². The molecule has 2 aliphatic rings. The van der Waals surface area contributed by atoms with Gasteiger partial charge in [0, 0.05) is 24.3 Å². The van der Waals surface area contributed by atoms with Crippen LogP contribution < -0.4 is 14.2 Å². The Kier molecular flexibility index (Phi) is 5.24. The molecule has 174 valence electrons. The Morgan fingerprint density at radius 2 is 1.86 bits per heavy atom. The molecule has 0 saturated carbocycles. The predicted molar refractivity (Wildman–Crippen MR) is 134 cm³/mol. The lowest BCUT2D eigenvalue weighted by Crippen LogP contribution is -2.24. The number of rotatable bonds is 5. The number of benzene rings is 2. The van der Waals surface area contributed by atoms with Crippen molar-refractivity contribution in [2.24, 2.45) is 4.99 Å². The van der Waals surface area contributed by atoms with Crippen molar-refractivity contribution in [3.05, 3.63) is 100 Å². The standard InChI is InChI=1S/C26H18Cl2N4O3/c1-16-22(27)24(26(9-2-10-30-26)17-3-8-20-21(13-17)34-15-33-20)31-25(23(16)28)35-19-6-4-18(5-7-19)32-12-11-29-14-32/h2-14H,15H2,1H3. The van der Waals surface area contributed by atoms with Crippen molar-refractivity contribution in [2.45, 2.75) is 12.5 Å². The number of ether oxygens (including phenoxy) is 3. The summed E-state index contributed by atoms with van der Waals surface area (Å²) in [5, 5.41) is 0.753. The number of nitrogens with zero attached hydrogens (tertiary/aromatic N) is 4. The van der Waals surface area contributed by atoms with Crippen molar-refractivity contribution in [1.82, 2.24) is 14.5 Å². The molecule has 6 rings (SSSR count). The van der Waals surface area contributed by atoms with E-state index in [4.69, 9.17) is 47.4 Å². The molecule has 4 aromatic rings. The molecular weight excluding hydrogens is 487 g/mol. The molecular formula is C26H18Cl2N4O3. The fraction of sp³-hybridized carbons (Fsp3) is 0.115. The van der Waals surface area contributed by atoms with E-state index in [9.17, 15) is 0 Å². The van der Waals surface area contributed by atoms with Crippen LogP contribution in [0.5, 0.6) is 23.1 Å². The molecule has 35 heavy (non-hydrogen) atoms. The van der Waals surface area contributed by atoms with Crippen LogP contribution in [0.25, 0.3) is 5.69 Å². The third-order valence-electron chi connectivity index (χ3n) is 6.00. The zero-order chi connectivity index (χ0) is 24.0. The van der Waals surface area contributed by atoms with Crippen LogP contribution in [0.3, 0.4) is 0 Å². The summed E-state index contributed by atoms with van der Waals surface area (Å²) in [5.74, 6) is 2.16. The van der Waals surface area contributed by atoms with E-state index in [1.54, 1.807) is 18.7 Å². The van der Waals surface area contributed by atoms with E-state index in [-0.39, 0.29) is 12.7 Å². The lowest BCUT2D eigenvalue weighted by atomic mass is 9.86. The number of allylic oxidation sites excluding steroid dienone is 1. The van der Waals surface area contributed by atoms with Gasteiger partial charge >= 0.3 is 0 Å². The minimum atomic E-state index is -0.962. The second kappa shape index (κ2) is 8.45. The highest BCUT2D eigenvalue weighted by molar-refractivity contribution is 6.37. The molecule has 9 heteroatoms. The molecule has 4 heterocycles. The number of halogens is 2. The van der Waals surface area contributed by atoms with Crippen LogP contribution in [0.1, 0.15) is 16.8 Å². The Morgan fingerprint density at radius 1 is 1.03 bits per heavy atom. The average molecular weight is 505 g/mol. The van der Waals surface area contributed by atoms with E-state index in [1.165, 1.54) is 0 Å². The smallest absolute Gasteiger partial charge is 0.238 e. The van der Waals surface area contributed by atoms with Gasteiger partial charge in [-0.05, 0) is 66.6 Å². The first-order valence-electron chi connectivity index (χ1n) is 10.8. The normalized spacial score (nSPS) is 17.8. The summed E-state index contributed by atoms with van der Waals surface area (Å²) in [5.41, 5.74) is 1.98. The monoisotopic (exact) mass is 504 g/mol. The molecule has 0 spiro atoms. The first-order valence-corrected chi connectivity index (χ1v) is 11.6. The van der Waals surface area contributed by atoms with Gasteiger partial charge in [0.15, 0.2) is 11.5 Å². The van der Waals surface area contributed by atoms with Crippen LogP contribution in [0.4, 0.5) is 0 Å². The number of pyridine rings is 1. The van der Waals surface area contributed by atoms with E-state index in [0.29, 0.717) is 38.6 Å². The largest absolute Gasteiger partial charge is 0.454 e. The molecule has 2 aromatic heterocycles. The van der Waals surface area contributed by atoms with Gasteiger partial charge in [0.05, 0.1) is 17.0 Å². The molecule has 0 saturated heterocycles. The summed E-state index contributed by atoms with van der Waals surface area (Å²) >= 11 is 13.4. The summed E-state index contributed by atoms with van der Waals surface area (Å²) < 4.78 is 19.1. The molecule has 0 aliphatic carbocycles. The van der Waals surface area contributed by atoms with Crippen molar-refractivity contribution in [3.8, 4) is 28.8 Å². The fourth-order valence-electron chi connectivity index (χ4n) is 4.13. The van der Waals surface area contributed by atoms with Crippen LogP contribution in [0, 0.1) is 6.92 Å². The van der Waals surface area contributed by atoms with Crippen LogP contribution in [0.2, 0.25) is 10.0 Å². The van der Waals surface area contributed by atoms with Crippen LogP contribution >= 0.6 is 23.2 Å². The van der Waals surface area contributed by atoms with E-state index in [0.717, 1.165) is 11.3 Å². The highest BCUT2D eigenvalue weighted by Crippen LogP contribution is 2.47. The van der Waals surface area contributed by atoms with Crippen LogP contribution in [-0.4, -0.2) is 27.5 Å². The Hall–Kier alpha value is -3.81. The average Bonchev–Trinajstić information content (AvgIpc) is 3.66. The third kappa shape index (κ3) is 3.64. The second-order valence-electron chi connectivity index (χ2n) is 8.06. The highest BCUT2D eigenvalue weighted by atomic mass is 35.5. The molecule has 0 radical (unpaired) electrons. The Labute approximate surface area is 211 Å². The summed E-state index contributed by atoms with van der Waals surface area (Å²) in [6.07, 6.45) is 10.9. The summed E-state index contributed by atoms with van der Waals surface area (Å²) in [7, 11) is 0. The number of hydrogen-bond donors (Lipinski definition) is 0. The van der Waals surface area contributed by atoms with Gasteiger partial charge in [-0.25, -0.2) is 9.97 Å². The maximum absolute atomic E-state index is 6.81. The van der Waals surface area contributed by atoms with Gasteiger partial charge in [-0.2, -0.15) is 0 Å². The summed E-state index contributed by atoms with van der Waals surface area (Å²) in [6, 6.07) is 13.2. The van der Waals surface area contributed by atoms with Crippen molar-refractivity contribution in [2.75, 3.05) is 6.79 Å². The molecule has 2 aromatic carbocycles. The fourth-order valence-corrected chi connectivity index (χ4v) is 4.64. The first-order chi connectivity index (χ1) is 17.0. The Bertz CT molecular complexity index is 1470. The molecule has 1 atom stereocenters. The quantitative estimate of drug-likeness (QED) is 0.319. The van der Waals surface area contributed by atoms with E-state index >= 15 is 0 Å². The zero-order valence-corrected chi connectivity index (χ0v) is 20.0. The van der Waals surface area contributed by atoms with Crippen molar-refractivity contribution in [1.29, 1.82) is 0 Å². The van der Waals surface area contributed by atoms with Crippen LogP contribution in [-0.2, 0) is 5.54 Å². The first kappa shape index (κ1) is 21.7. The number of hydrogen-bond acceptors (Lipinski definition) is 6. The lowest BCUT2D eigenvalue weighted by Gasteiger charge is -2.27. The third-order valence-corrected chi connectivity index (χ3v) is 6.90. The van der Waals surface area contributed by atoms with Gasteiger partial charge in [0.25, 0.3) is 0 Å². The Morgan fingerprint density at radius 3 is 2.60 bits per heavy atom. The maximum Gasteiger partial charge on any atom is 0.238 e. The van der Waals surface area contributed by atoms with Gasteiger partial charge in [0.2, 0.25) is 12.7 Å². The highest BCUT2D eigenvalue weighted by Gasteiger charge is 2.39. The Balaban J connectivity index is 1.41. The van der Waals surface area contributed by atoms with Gasteiger partial charge in [-0.1, -0.05) is 29.3 Å². The molecule has 0 bridgehead atoms. The SMILES string of the molecule is Cc1c(Cl)c(Oc2ccc(-n3ccnc3)cc2)nc(C2(c3ccc4c(c3)OCO4)C=CC=N2)c1Cl. The minimum absolute atomic E-state index is 0.182. The second-order valence-corrected chi connectivity index (χ2v) is 8.81. The van der Waals surface area contributed by atoms with Gasteiger partial charge < -0.3 is 18.8 Å². The molecule has 0 N–H and O–H groups in total. The van der Waals surface area contributed by atoms with Crippen molar-refractivity contribution < 1.29 is 14.2 Å². The lowest BCUT2D eigenvalue weighted by molar-refractivity contribution is 0.174. The minimum Gasteiger partial charge on any atom is -0.454 e. The van der Waals surface area contributed by atoms with Crippen molar-refractivity contribution >= 4 is 29.4 Å². The molecule has 2 aliphatic heterocycles. The molecule has 7 nitrogen and oxygen atoms in total. The molecule has 0 amide bonds. The van der Waals surface area contributed by atoms with E-state index in [2.05, 4.69) is 4.98 Å². The number of fused-ring (bicyclic) bond motifs is 1. The van der Waals surface area contributed by atoms with Gasteiger partial charge in [0.1, 0.15) is 16.3 Å². The van der Waals surface area contributed by atoms with E-state index in [1.807, 2.05) is 72.3 Å². The summed E-state index contributed by atoms with van der Waals surface area (Å²) in [4.78, 5) is 13.6. The van der Waals surface area contributed by atoms with Crippen molar-refractivity contribution in [3.63, 3.8) is 0 Å². The van der Waals surface area contributed by atoms with Gasteiger partial charge in [-0.3, -0.25) is 4.99 Å². The number of aliphatic imine (C=N–C) groups is 1. The number of imidazole rings is 1. The van der Waals surface area contributed by atoms with Gasteiger partial charge in [-0.15, -0.1) is 0 Å². The predicted octanol–water partition coefficient (Wildman–Crippen LogP) is 6.29. The van der Waals surface area contributed by atoms with E-state index < -0.39 is 5.54 Å². The van der Waals surface area contributed by atoms with Crippen LogP contribution in [0.15, 0.2) is 78.3 Å². The number of aromatic nitrogens is 3. The summed E-state index contributed by atoms with van der Waals surface area (Å²) in [6.45, 7) is 2.02. The zero-order valence-electron chi connectivity index (χ0n) is 18.5. The molecule has 0 fully saturated rings. The maximum atomic E-state index is 6.81. The molecule has 1 unspecified atom stereocenters.